The molecule has 0 saturated heterocycles. The van der Waals surface area contributed by atoms with Crippen molar-refractivity contribution in [2.24, 2.45) is 0 Å². The summed E-state index contributed by atoms with van der Waals surface area (Å²) in [7, 11) is 0. The fourth-order valence-corrected chi connectivity index (χ4v) is 3.36. The van der Waals surface area contributed by atoms with Crippen molar-refractivity contribution in [1.82, 2.24) is 0 Å². The van der Waals surface area contributed by atoms with Gasteiger partial charge in [-0.25, -0.2) is 0 Å². The van der Waals surface area contributed by atoms with E-state index < -0.39 is 0 Å². The van der Waals surface area contributed by atoms with Gasteiger partial charge in [-0.05, 0) is 93.3 Å². The molecule has 0 aliphatic heterocycles. The van der Waals surface area contributed by atoms with E-state index in [1.54, 1.807) is 6.07 Å². The number of ether oxygens (including phenoxy) is 2. The standard InChI is InChI=1S/C26H29NO3/c1-6-29-24-11-10-21(26(28)27-23-9-7-8-17(2)13-23)15-22(24)16-30-25-14-18(3)12-19(4)20(25)5/h7-15H,6,16H2,1-5H3,(H,27,28). The monoisotopic (exact) mass is 403 g/mol. The summed E-state index contributed by atoms with van der Waals surface area (Å²) in [6.07, 6.45) is 0. The summed E-state index contributed by atoms with van der Waals surface area (Å²) in [4.78, 5) is 12.8. The van der Waals surface area contributed by atoms with Gasteiger partial charge >= 0.3 is 0 Å². The summed E-state index contributed by atoms with van der Waals surface area (Å²) in [5, 5.41) is 2.95. The summed E-state index contributed by atoms with van der Waals surface area (Å²) in [5.74, 6) is 1.42. The number of amides is 1. The third-order valence-corrected chi connectivity index (χ3v) is 5.05. The van der Waals surface area contributed by atoms with Crippen molar-refractivity contribution < 1.29 is 14.3 Å². The van der Waals surface area contributed by atoms with E-state index in [0.717, 1.165) is 39.4 Å². The lowest BCUT2D eigenvalue weighted by Crippen LogP contribution is -2.13. The van der Waals surface area contributed by atoms with Crippen molar-refractivity contribution in [2.45, 2.75) is 41.2 Å². The van der Waals surface area contributed by atoms with E-state index in [-0.39, 0.29) is 5.91 Å². The number of hydrogen-bond acceptors (Lipinski definition) is 3. The third-order valence-electron chi connectivity index (χ3n) is 5.05. The van der Waals surface area contributed by atoms with Crippen LogP contribution in [0, 0.1) is 27.7 Å². The van der Waals surface area contributed by atoms with Gasteiger partial charge in [0.05, 0.1) is 6.61 Å². The van der Waals surface area contributed by atoms with Crippen LogP contribution in [-0.4, -0.2) is 12.5 Å². The van der Waals surface area contributed by atoms with E-state index in [0.29, 0.717) is 18.8 Å². The number of benzene rings is 3. The SMILES string of the molecule is CCOc1ccc(C(=O)Nc2cccc(C)c2)cc1COc1cc(C)cc(C)c1C. The maximum absolute atomic E-state index is 12.8. The number of hydrogen-bond donors (Lipinski definition) is 1. The minimum Gasteiger partial charge on any atom is -0.493 e. The van der Waals surface area contributed by atoms with Crippen LogP contribution in [-0.2, 0) is 6.61 Å². The lowest BCUT2D eigenvalue weighted by atomic mass is 10.1. The maximum atomic E-state index is 12.8. The average Bonchev–Trinajstić information content (AvgIpc) is 2.70. The van der Waals surface area contributed by atoms with Crippen molar-refractivity contribution in [3.8, 4) is 11.5 Å². The van der Waals surface area contributed by atoms with Gasteiger partial charge in [-0.1, -0.05) is 18.2 Å². The lowest BCUT2D eigenvalue weighted by molar-refractivity contribution is 0.102. The Morgan fingerprint density at radius 3 is 2.40 bits per heavy atom. The van der Waals surface area contributed by atoms with Crippen LogP contribution < -0.4 is 14.8 Å². The van der Waals surface area contributed by atoms with Gasteiger partial charge in [-0.2, -0.15) is 0 Å². The van der Waals surface area contributed by atoms with Crippen molar-refractivity contribution in [2.75, 3.05) is 11.9 Å². The smallest absolute Gasteiger partial charge is 0.255 e. The summed E-state index contributed by atoms with van der Waals surface area (Å²) in [5.41, 5.74) is 6.75. The summed E-state index contributed by atoms with van der Waals surface area (Å²) in [6.45, 7) is 11.0. The van der Waals surface area contributed by atoms with Crippen LogP contribution in [0.15, 0.2) is 54.6 Å². The normalized spacial score (nSPS) is 10.6. The average molecular weight is 404 g/mol. The topological polar surface area (TPSA) is 47.6 Å². The molecule has 0 aromatic heterocycles. The number of aryl methyl sites for hydroxylation is 3. The molecule has 3 rings (SSSR count). The van der Waals surface area contributed by atoms with E-state index >= 15 is 0 Å². The van der Waals surface area contributed by atoms with Gasteiger partial charge in [-0.3, -0.25) is 4.79 Å². The number of nitrogens with one attached hydrogen (secondary N) is 1. The molecule has 3 aromatic rings. The van der Waals surface area contributed by atoms with Gasteiger partial charge in [0, 0.05) is 16.8 Å². The second-order valence-corrected chi connectivity index (χ2v) is 7.57. The van der Waals surface area contributed by atoms with Crippen LogP contribution in [0.2, 0.25) is 0 Å². The van der Waals surface area contributed by atoms with Gasteiger partial charge in [0.15, 0.2) is 0 Å². The molecule has 0 heterocycles. The van der Waals surface area contributed by atoms with E-state index in [2.05, 4.69) is 32.2 Å². The maximum Gasteiger partial charge on any atom is 0.255 e. The molecule has 4 heteroatoms. The van der Waals surface area contributed by atoms with Crippen molar-refractivity contribution in [3.05, 3.63) is 88.0 Å². The van der Waals surface area contributed by atoms with Crippen molar-refractivity contribution in [3.63, 3.8) is 0 Å². The lowest BCUT2D eigenvalue weighted by Gasteiger charge is -2.16. The first kappa shape index (κ1) is 21.4. The third kappa shape index (κ3) is 5.20. The van der Waals surface area contributed by atoms with Gasteiger partial charge in [-0.15, -0.1) is 0 Å². The quantitative estimate of drug-likeness (QED) is 0.515. The number of anilines is 1. The van der Waals surface area contributed by atoms with E-state index in [1.807, 2.05) is 56.3 Å². The Bertz CT molecular complexity index is 1060. The molecule has 30 heavy (non-hydrogen) atoms. The Labute approximate surface area is 178 Å². The Balaban J connectivity index is 1.83. The number of carbonyl (C=O) groups excluding carboxylic acids is 1. The Morgan fingerprint density at radius 2 is 1.67 bits per heavy atom. The summed E-state index contributed by atoms with van der Waals surface area (Å²) >= 11 is 0. The fraction of sp³-hybridized carbons (Fsp3) is 0.269. The highest BCUT2D eigenvalue weighted by atomic mass is 16.5. The first-order valence-electron chi connectivity index (χ1n) is 10.2. The molecule has 1 amide bonds. The zero-order valence-electron chi connectivity index (χ0n) is 18.3. The molecule has 4 nitrogen and oxygen atoms in total. The second kappa shape index (κ2) is 9.49. The minimum absolute atomic E-state index is 0.160. The van der Waals surface area contributed by atoms with Gasteiger partial charge in [0.25, 0.3) is 5.91 Å². The molecule has 156 valence electrons. The summed E-state index contributed by atoms with van der Waals surface area (Å²) in [6, 6.07) is 17.4. The molecule has 0 aliphatic rings. The molecule has 0 fully saturated rings. The van der Waals surface area contributed by atoms with Crippen LogP contribution in [0.4, 0.5) is 5.69 Å². The van der Waals surface area contributed by atoms with Gasteiger partial charge in [0.2, 0.25) is 0 Å². The molecular weight excluding hydrogens is 374 g/mol. The van der Waals surface area contributed by atoms with Crippen LogP contribution >= 0.6 is 0 Å². The largest absolute Gasteiger partial charge is 0.493 e. The number of carbonyl (C=O) groups is 1. The first-order valence-corrected chi connectivity index (χ1v) is 10.2. The van der Waals surface area contributed by atoms with Crippen LogP contribution in [0.25, 0.3) is 0 Å². The molecular formula is C26H29NO3. The van der Waals surface area contributed by atoms with E-state index in [9.17, 15) is 4.79 Å². The summed E-state index contributed by atoms with van der Waals surface area (Å²) < 4.78 is 11.9. The van der Waals surface area contributed by atoms with Crippen LogP contribution in [0.3, 0.4) is 0 Å². The second-order valence-electron chi connectivity index (χ2n) is 7.57. The molecule has 0 atom stereocenters. The molecule has 0 radical (unpaired) electrons. The van der Waals surface area contributed by atoms with Crippen LogP contribution in [0.1, 0.15) is 45.1 Å². The van der Waals surface area contributed by atoms with Crippen molar-refractivity contribution in [1.29, 1.82) is 0 Å². The molecule has 0 aliphatic carbocycles. The van der Waals surface area contributed by atoms with Gasteiger partial charge < -0.3 is 14.8 Å². The highest BCUT2D eigenvalue weighted by Crippen LogP contribution is 2.27. The molecule has 1 N–H and O–H groups in total. The molecule has 0 bridgehead atoms. The van der Waals surface area contributed by atoms with E-state index in [1.165, 1.54) is 5.56 Å². The Hall–Kier alpha value is -3.27. The molecule has 0 saturated carbocycles. The Morgan fingerprint density at radius 1 is 0.867 bits per heavy atom. The molecule has 3 aromatic carbocycles. The molecule has 0 unspecified atom stereocenters. The highest BCUT2D eigenvalue weighted by molar-refractivity contribution is 6.04. The molecule has 0 spiro atoms. The minimum atomic E-state index is -0.160. The zero-order valence-corrected chi connectivity index (χ0v) is 18.3. The van der Waals surface area contributed by atoms with Gasteiger partial charge in [0.1, 0.15) is 18.1 Å². The fourth-order valence-electron chi connectivity index (χ4n) is 3.36. The Kier molecular flexibility index (Phi) is 6.78. The zero-order chi connectivity index (χ0) is 21.7. The van der Waals surface area contributed by atoms with Crippen LogP contribution in [0.5, 0.6) is 11.5 Å². The van der Waals surface area contributed by atoms with E-state index in [4.69, 9.17) is 9.47 Å². The van der Waals surface area contributed by atoms with Crippen molar-refractivity contribution >= 4 is 11.6 Å². The predicted octanol–water partition coefficient (Wildman–Crippen LogP) is 6.15. The predicted molar refractivity (Wildman–Crippen MR) is 122 cm³/mol. The highest BCUT2D eigenvalue weighted by Gasteiger charge is 2.13. The number of rotatable bonds is 7. The first-order chi connectivity index (χ1) is 14.4.